The largest absolute Gasteiger partial charge is 0.338 e. The van der Waals surface area contributed by atoms with Gasteiger partial charge in [-0.05, 0) is 54.6 Å². The smallest absolute Gasteiger partial charge is 0.319 e. The van der Waals surface area contributed by atoms with Gasteiger partial charge in [-0.25, -0.2) is 13.2 Å². The van der Waals surface area contributed by atoms with Gasteiger partial charge in [0.05, 0.1) is 4.90 Å². The van der Waals surface area contributed by atoms with Crippen LogP contribution in [-0.4, -0.2) is 27.2 Å². The van der Waals surface area contributed by atoms with Crippen molar-refractivity contribution in [1.29, 1.82) is 0 Å². The number of thioether (sulfide) groups is 1. The van der Waals surface area contributed by atoms with E-state index in [-0.39, 0.29) is 10.9 Å². The minimum absolute atomic E-state index is 0.125. The first-order valence-corrected chi connectivity index (χ1v) is 10.8. The Labute approximate surface area is 158 Å². The number of carbonyl (C=O) groups is 1. The minimum Gasteiger partial charge on any atom is -0.338 e. The van der Waals surface area contributed by atoms with E-state index in [1.807, 2.05) is 26.2 Å². The maximum absolute atomic E-state index is 12.5. The first kappa shape index (κ1) is 20.1. The molecule has 6 nitrogen and oxygen atoms in total. The molecule has 0 radical (unpaired) electrons. The molecule has 0 aliphatic carbocycles. The van der Waals surface area contributed by atoms with E-state index in [0.29, 0.717) is 23.8 Å². The first-order valence-electron chi connectivity index (χ1n) is 8.12. The fourth-order valence-electron chi connectivity index (χ4n) is 2.09. The number of benzene rings is 2. The Kier molecular flexibility index (Phi) is 6.93. The molecule has 0 unspecified atom stereocenters. The van der Waals surface area contributed by atoms with E-state index in [1.54, 1.807) is 30.3 Å². The number of carbonyl (C=O) groups excluding carboxylic acids is 1. The van der Waals surface area contributed by atoms with Crippen molar-refractivity contribution in [1.82, 2.24) is 5.32 Å². The Bertz CT molecular complexity index is 850. The molecule has 0 saturated carbocycles. The lowest BCUT2D eigenvalue weighted by molar-refractivity contribution is 0.251. The summed E-state index contributed by atoms with van der Waals surface area (Å²) in [5.41, 5.74) is 1.03. The summed E-state index contributed by atoms with van der Waals surface area (Å²) in [7, 11) is -3.69. The molecule has 0 aliphatic heterocycles. The van der Waals surface area contributed by atoms with Crippen LogP contribution in [0, 0.1) is 5.92 Å². The van der Waals surface area contributed by atoms with Gasteiger partial charge >= 0.3 is 6.03 Å². The van der Waals surface area contributed by atoms with Crippen molar-refractivity contribution in [2.45, 2.75) is 23.6 Å². The van der Waals surface area contributed by atoms with Crippen molar-refractivity contribution in [2.75, 3.05) is 22.8 Å². The second-order valence-corrected chi connectivity index (χ2v) is 8.65. The maximum Gasteiger partial charge on any atom is 0.319 e. The van der Waals surface area contributed by atoms with Crippen LogP contribution in [0.2, 0.25) is 0 Å². The number of urea groups is 1. The van der Waals surface area contributed by atoms with Crippen molar-refractivity contribution in [3.63, 3.8) is 0 Å². The summed E-state index contributed by atoms with van der Waals surface area (Å²) >= 11 is 1.54. The lowest BCUT2D eigenvalue weighted by Gasteiger charge is -2.11. The zero-order valence-corrected chi connectivity index (χ0v) is 16.6. The van der Waals surface area contributed by atoms with Gasteiger partial charge in [0.25, 0.3) is 10.0 Å². The van der Waals surface area contributed by atoms with Gasteiger partial charge in [0.1, 0.15) is 0 Å². The highest BCUT2D eigenvalue weighted by Gasteiger charge is 2.14. The molecule has 0 heterocycles. The topological polar surface area (TPSA) is 87.3 Å². The van der Waals surface area contributed by atoms with Crippen molar-refractivity contribution < 1.29 is 13.2 Å². The summed E-state index contributed by atoms with van der Waals surface area (Å²) in [6, 6.07) is 12.9. The van der Waals surface area contributed by atoms with Crippen molar-refractivity contribution in [3.8, 4) is 0 Å². The molecule has 0 aliphatic rings. The minimum atomic E-state index is -3.69. The van der Waals surface area contributed by atoms with Crippen LogP contribution >= 0.6 is 11.8 Å². The summed E-state index contributed by atoms with van der Waals surface area (Å²) in [6.45, 7) is 4.57. The molecule has 0 atom stereocenters. The monoisotopic (exact) mass is 393 g/mol. The van der Waals surface area contributed by atoms with Crippen molar-refractivity contribution in [3.05, 3.63) is 48.5 Å². The molecular weight excluding hydrogens is 370 g/mol. The summed E-state index contributed by atoms with van der Waals surface area (Å²) in [6.07, 6.45) is 1.93. The number of sulfonamides is 1. The first-order chi connectivity index (χ1) is 12.3. The number of hydrogen-bond acceptors (Lipinski definition) is 4. The van der Waals surface area contributed by atoms with Crippen LogP contribution in [0.15, 0.2) is 58.3 Å². The molecule has 2 rings (SSSR count). The van der Waals surface area contributed by atoms with Gasteiger partial charge in [-0.15, -0.1) is 11.8 Å². The van der Waals surface area contributed by atoms with E-state index in [9.17, 15) is 13.2 Å². The van der Waals surface area contributed by atoms with Gasteiger partial charge in [0.15, 0.2) is 0 Å². The molecule has 26 heavy (non-hydrogen) atoms. The second-order valence-electron chi connectivity index (χ2n) is 6.09. The predicted molar refractivity (Wildman–Crippen MR) is 107 cm³/mol. The quantitative estimate of drug-likeness (QED) is 0.621. The van der Waals surface area contributed by atoms with Gasteiger partial charge < -0.3 is 10.6 Å². The Morgan fingerprint density at radius 1 is 1.08 bits per heavy atom. The van der Waals surface area contributed by atoms with Gasteiger partial charge in [0.2, 0.25) is 0 Å². The Morgan fingerprint density at radius 3 is 2.38 bits per heavy atom. The van der Waals surface area contributed by atoms with Gasteiger partial charge in [-0.2, -0.15) is 0 Å². The number of hydrogen-bond donors (Lipinski definition) is 3. The van der Waals surface area contributed by atoms with E-state index < -0.39 is 10.0 Å². The zero-order chi connectivity index (χ0) is 19.2. The number of rotatable bonds is 7. The SMILES string of the molecule is CSc1cccc(NS(=O)(=O)c2ccc(NC(=O)NCC(C)C)cc2)c1. The molecule has 8 heteroatoms. The summed E-state index contributed by atoms with van der Waals surface area (Å²) < 4.78 is 27.6. The molecule has 0 bridgehead atoms. The number of anilines is 2. The lowest BCUT2D eigenvalue weighted by Crippen LogP contribution is -2.31. The summed E-state index contributed by atoms with van der Waals surface area (Å²) in [5.74, 6) is 0.351. The van der Waals surface area contributed by atoms with Crippen molar-refractivity contribution >= 4 is 39.2 Å². The Balaban J connectivity index is 2.05. The third-order valence-electron chi connectivity index (χ3n) is 3.42. The average molecular weight is 394 g/mol. The number of amides is 2. The fourth-order valence-corrected chi connectivity index (χ4v) is 3.60. The lowest BCUT2D eigenvalue weighted by atomic mass is 10.2. The molecule has 3 N–H and O–H groups in total. The van der Waals surface area contributed by atoms with Gasteiger partial charge in [-0.3, -0.25) is 4.72 Å². The van der Waals surface area contributed by atoms with Crippen LogP contribution in [0.3, 0.4) is 0 Å². The van der Waals surface area contributed by atoms with Crippen LogP contribution in [0.5, 0.6) is 0 Å². The average Bonchev–Trinajstić information content (AvgIpc) is 2.60. The van der Waals surface area contributed by atoms with Crippen LogP contribution in [0.25, 0.3) is 0 Å². The van der Waals surface area contributed by atoms with Crippen LogP contribution in [-0.2, 0) is 10.0 Å². The molecule has 0 spiro atoms. The molecular formula is C18H23N3O3S2. The molecule has 2 aromatic rings. The summed E-state index contributed by atoms with van der Waals surface area (Å²) in [5, 5.41) is 5.41. The normalized spacial score (nSPS) is 11.2. The molecule has 0 saturated heterocycles. The molecule has 0 fully saturated rings. The standard InChI is InChI=1S/C18H23N3O3S2/c1-13(2)12-19-18(22)20-14-7-9-17(10-8-14)26(23,24)21-15-5-4-6-16(11-15)25-3/h4-11,13,21H,12H2,1-3H3,(H2,19,20,22). The number of nitrogens with one attached hydrogen (secondary N) is 3. The summed E-state index contributed by atoms with van der Waals surface area (Å²) in [4.78, 5) is 12.8. The molecule has 140 valence electrons. The highest BCUT2D eigenvalue weighted by atomic mass is 32.2. The van der Waals surface area contributed by atoms with E-state index >= 15 is 0 Å². The van der Waals surface area contributed by atoms with Crippen molar-refractivity contribution in [2.24, 2.45) is 5.92 Å². The Hall–Kier alpha value is -2.19. The van der Waals surface area contributed by atoms with E-state index in [0.717, 1.165) is 4.90 Å². The van der Waals surface area contributed by atoms with E-state index in [4.69, 9.17) is 0 Å². The Morgan fingerprint density at radius 2 is 1.77 bits per heavy atom. The maximum atomic E-state index is 12.5. The zero-order valence-electron chi connectivity index (χ0n) is 14.9. The molecule has 2 amide bonds. The third-order valence-corrected chi connectivity index (χ3v) is 5.54. The highest BCUT2D eigenvalue weighted by molar-refractivity contribution is 7.98. The highest BCUT2D eigenvalue weighted by Crippen LogP contribution is 2.22. The van der Waals surface area contributed by atoms with Gasteiger partial charge in [0, 0.05) is 22.8 Å². The fraction of sp³-hybridized carbons (Fsp3) is 0.278. The van der Waals surface area contributed by atoms with Crippen LogP contribution in [0.4, 0.5) is 16.2 Å². The third kappa shape index (κ3) is 5.96. The van der Waals surface area contributed by atoms with Gasteiger partial charge in [-0.1, -0.05) is 19.9 Å². The molecule has 2 aromatic carbocycles. The van der Waals surface area contributed by atoms with Crippen LogP contribution < -0.4 is 15.4 Å². The van der Waals surface area contributed by atoms with E-state index in [2.05, 4.69) is 15.4 Å². The molecule has 0 aromatic heterocycles. The predicted octanol–water partition coefficient (Wildman–Crippen LogP) is 3.99. The second kappa shape index (κ2) is 8.95. The van der Waals surface area contributed by atoms with Crippen LogP contribution in [0.1, 0.15) is 13.8 Å². The van der Waals surface area contributed by atoms with E-state index in [1.165, 1.54) is 23.9 Å².